The molecular weight excluding hydrogens is 423 g/mol. The summed E-state index contributed by atoms with van der Waals surface area (Å²) in [6, 6.07) is 14.0. The van der Waals surface area contributed by atoms with Crippen LogP contribution in [0.2, 0.25) is 0 Å². The molecule has 2 rings (SSSR count). The van der Waals surface area contributed by atoms with E-state index in [1.807, 2.05) is 30.3 Å². The van der Waals surface area contributed by atoms with Crippen LogP contribution in [0.4, 0.5) is 0 Å². The van der Waals surface area contributed by atoms with Gasteiger partial charge >= 0.3 is 5.97 Å². The molecule has 0 heterocycles. The summed E-state index contributed by atoms with van der Waals surface area (Å²) in [5.74, 6) is -0.999. The molecule has 0 fully saturated rings. The zero-order valence-electron chi connectivity index (χ0n) is 9.63. The van der Waals surface area contributed by atoms with Crippen molar-refractivity contribution in [2.24, 2.45) is 0 Å². The topological polar surface area (TPSA) is 57.5 Å². The van der Waals surface area contributed by atoms with Crippen LogP contribution in [0.1, 0.15) is 21.5 Å². The molecule has 2 aromatic carbocycles. The number of hydrogen-bond donors (Lipinski definition) is 2. The Bertz CT molecular complexity index is 538. The minimum atomic E-state index is -1.02. The van der Waals surface area contributed by atoms with Crippen molar-refractivity contribution in [3.63, 3.8) is 0 Å². The number of aromatic hydroxyl groups is 1. The summed E-state index contributed by atoms with van der Waals surface area (Å²) >= 11 is 0. The maximum absolute atomic E-state index is 11.1. The van der Waals surface area contributed by atoms with E-state index in [2.05, 4.69) is 0 Å². The van der Waals surface area contributed by atoms with E-state index in [0.717, 1.165) is 5.56 Å². The number of phenolic OH excluding ortho intramolecular Hbond substituents is 1. The Balaban J connectivity index is 0.00000162. The van der Waals surface area contributed by atoms with Gasteiger partial charge in [0, 0.05) is 39.3 Å². The number of benzene rings is 2. The summed E-state index contributed by atoms with van der Waals surface area (Å²) in [4.78, 5) is 11.1. The normalized spacial score (nSPS) is 9.56. The summed E-state index contributed by atoms with van der Waals surface area (Å²) in [7, 11) is 0. The van der Waals surface area contributed by atoms with Crippen molar-refractivity contribution in [3.05, 3.63) is 65.2 Å². The summed E-state index contributed by atoms with van der Waals surface area (Å²) in [6.45, 7) is 0. The van der Waals surface area contributed by atoms with Crippen LogP contribution in [0.15, 0.2) is 48.5 Å². The van der Waals surface area contributed by atoms with E-state index in [0.29, 0.717) is 12.0 Å². The van der Waals surface area contributed by atoms with Crippen molar-refractivity contribution in [1.82, 2.24) is 0 Å². The minimum absolute atomic E-state index is 0. The molecular formula is C14H12O3Pb. The molecule has 18 heavy (non-hydrogen) atoms. The van der Waals surface area contributed by atoms with Gasteiger partial charge in [0.2, 0.25) is 0 Å². The third-order valence-electron chi connectivity index (χ3n) is 2.61. The molecule has 0 aliphatic heterocycles. The summed E-state index contributed by atoms with van der Waals surface area (Å²) in [6.07, 6.45) is 0.412. The monoisotopic (exact) mass is 436 g/mol. The van der Waals surface area contributed by atoms with E-state index in [1.54, 1.807) is 0 Å². The van der Waals surface area contributed by atoms with Crippen molar-refractivity contribution < 1.29 is 15.0 Å². The zero-order valence-corrected chi connectivity index (χ0v) is 13.5. The molecule has 0 spiro atoms. The van der Waals surface area contributed by atoms with Crippen molar-refractivity contribution >= 4 is 33.3 Å². The molecule has 0 bridgehead atoms. The van der Waals surface area contributed by atoms with Gasteiger partial charge in [0.25, 0.3) is 0 Å². The smallest absolute Gasteiger partial charge is 0.336 e. The second kappa shape index (κ2) is 6.53. The van der Waals surface area contributed by atoms with Gasteiger partial charge in [-0.25, -0.2) is 4.79 Å². The Labute approximate surface area is 125 Å². The van der Waals surface area contributed by atoms with Crippen LogP contribution >= 0.6 is 0 Å². The molecule has 2 N–H and O–H groups in total. The first-order valence-corrected chi connectivity index (χ1v) is 5.26. The SMILES string of the molecule is O=C(O)c1cccc(O)c1Cc1ccccc1.[Pb]. The number of rotatable bonds is 3. The van der Waals surface area contributed by atoms with Gasteiger partial charge in [0.05, 0.1) is 5.56 Å². The number of carboxylic acid groups (broad SMARTS) is 1. The van der Waals surface area contributed by atoms with Gasteiger partial charge in [-0.05, 0) is 17.7 Å². The van der Waals surface area contributed by atoms with E-state index in [-0.39, 0.29) is 38.6 Å². The van der Waals surface area contributed by atoms with E-state index < -0.39 is 5.97 Å². The van der Waals surface area contributed by atoms with Crippen LogP contribution in [0.3, 0.4) is 0 Å². The number of phenols is 1. The van der Waals surface area contributed by atoms with E-state index in [9.17, 15) is 9.90 Å². The maximum atomic E-state index is 11.1. The van der Waals surface area contributed by atoms with Crippen LogP contribution in [-0.2, 0) is 6.42 Å². The fourth-order valence-electron chi connectivity index (χ4n) is 1.76. The van der Waals surface area contributed by atoms with Gasteiger partial charge in [-0.3, -0.25) is 0 Å². The molecule has 0 aliphatic carbocycles. The molecule has 0 saturated carbocycles. The van der Waals surface area contributed by atoms with Crippen LogP contribution in [0.25, 0.3) is 0 Å². The second-order valence-corrected chi connectivity index (χ2v) is 3.77. The molecule has 0 aromatic heterocycles. The first-order valence-electron chi connectivity index (χ1n) is 5.26. The average Bonchev–Trinajstić information content (AvgIpc) is 2.33. The van der Waals surface area contributed by atoms with Crippen molar-refractivity contribution in [2.75, 3.05) is 0 Å². The predicted octanol–water partition coefficient (Wildman–Crippen LogP) is 2.30. The van der Waals surface area contributed by atoms with Crippen LogP contribution in [0.5, 0.6) is 5.75 Å². The quantitative estimate of drug-likeness (QED) is 0.728. The molecule has 0 saturated heterocycles. The summed E-state index contributed by atoms with van der Waals surface area (Å²) in [5, 5.41) is 18.8. The van der Waals surface area contributed by atoms with Crippen molar-refractivity contribution in [2.45, 2.75) is 6.42 Å². The first kappa shape index (κ1) is 14.7. The van der Waals surface area contributed by atoms with E-state index in [4.69, 9.17) is 5.11 Å². The van der Waals surface area contributed by atoms with Gasteiger partial charge in [-0.2, -0.15) is 0 Å². The van der Waals surface area contributed by atoms with Gasteiger partial charge in [-0.15, -0.1) is 0 Å². The van der Waals surface area contributed by atoms with Gasteiger partial charge in [-0.1, -0.05) is 36.4 Å². The Kier molecular flexibility index (Phi) is 5.33. The van der Waals surface area contributed by atoms with Crippen molar-refractivity contribution in [3.8, 4) is 5.75 Å². The number of carbonyl (C=O) groups is 1. The fraction of sp³-hybridized carbons (Fsp3) is 0.0714. The summed E-state index contributed by atoms with van der Waals surface area (Å²) < 4.78 is 0. The maximum Gasteiger partial charge on any atom is 0.336 e. The molecule has 90 valence electrons. The summed E-state index contributed by atoms with van der Waals surface area (Å²) in [5.41, 5.74) is 1.57. The van der Waals surface area contributed by atoms with Crippen molar-refractivity contribution in [1.29, 1.82) is 0 Å². The number of aromatic carboxylic acids is 1. The van der Waals surface area contributed by atoms with E-state index in [1.165, 1.54) is 18.2 Å². The standard InChI is InChI=1S/C14H12O3.Pb/c15-13-8-4-7-11(14(16)17)12(13)9-10-5-2-1-3-6-10;/h1-8,15H,9H2,(H,16,17);. The molecule has 0 atom stereocenters. The van der Waals surface area contributed by atoms with Gasteiger partial charge in [0.15, 0.2) is 0 Å². The molecule has 4 radical (unpaired) electrons. The molecule has 0 amide bonds. The minimum Gasteiger partial charge on any atom is -0.508 e. The van der Waals surface area contributed by atoms with Crippen LogP contribution < -0.4 is 0 Å². The van der Waals surface area contributed by atoms with Crippen LogP contribution in [0, 0.1) is 0 Å². The average molecular weight is 435 g/mol. The molecule has 3 nitrogen and oxygen atoms in total. The number of hydrogen-bond acceptors (Lipinski definition) is 2. The Hall–Kier alpha value is -1.37. The van der Waals surface area contributed by atoms with Gasteiger partial charge in [0.1, 0.15) is 5.75 Å². The van der Waals surface area contributed by atoms with Gasteiger partial charge < -0.3 is 10.2 Å². The third-order valence-corrected chi connectivity index (χ3v) is 2.61. The predicted molar refractivity (Wildman–Crippen MR) is 70.1 cm³/mol. The number of carboxylic acids is 1. The second-order valence-electron chi connectivity index (χ2n) is 3.77. The third kappa shape index (κ3) is 3.32. The fourth-order valence-corrected chi connectivity index (χ4v) is 1.76. The Morgan fingerprint density at radius 2 is 1.67 bits per heavy atom. The zero-order chi connectivity index (χ0) is 12.3. The van der Waals surface area contributed by atoms with Crippen LogP contribution in [-0.4, -0.2) is 43.5 Å². The first-order chi connectivity index (χ1) is 8.18. The molecule has 0 unspecified atom stereocenters. The molecule has 4 heteroatoms. The van der Waals surface area contributed by atoms with E-state index >= 15 is 0 Å². The molecule has 2 aromatic rings. The Morgan fingerprint density at radius 1 is 1.00 bits per heavy atom. The Morgan fingerprint density at radius 3 is 2.28 bits per heavy atom. The molecule has 0 aliphatic rings. The largest absolute Gasteiger partial charge is 0.508 e.